The van der Waals surface area contributed by atoms with E-state index in [1.807, 2.05) is 13.0 Å². The van der Waals surface area contributed by atoms with E-state index in [9.17, 15) is 5.11 Å². The Morgan fingerprint density at radius 3 is 2.44 bits per heavy atom. The van der Waals surface area contributed by atoms with Crippen LogP contribution < -0.4 is 0 Å². The van der Waals surface area contributed by atoms with Crippen LogP contribution in [0.1, 0.15) is 48.0 Å². The molecule has 2 fully saturated rings. The molecule has 5 heteroatoms. The molecular formula is C20H34O3P2. The van der Waals surface area contributed by atoms with Crippen LogP contribution in [0.2, 0.25) is 0 Å². The predicted molar refractivity (Wildman–Crippen MR) is 109 cm³/mol. The molecule has 0 aromatic rings. The molecule has 25 heavy (non-hydrogen) atoms. The summed E-state index contributed by atoms with van der Waals surface area (Å²) in [6.45, 7) is 13.3. The molecule has 142 valence electrons. The van der Waals surface area contributed by atoms with Gasteiger partial charge in [0.25, 0.3) is 0 Å². The first-order valence-electron chi connectivity index (χ1n) is 9.45. The van der Waals surface area contributed by atoms with Crippen LogP contribution in [-0.4, -0.2) is 22.9 Å². The van der Waals surface area contributed by atoms with Crippen LogP contribution in [0.15, 0.2) is 23.3 Å². The monoisotopic (exact) mass is 384 g/mol. The van der Waals surface area contributed by atoms with Crippen LogP contribution in [0.25, 0.3) is 0 Å². The molecule has 3 aliphatic rings. The lowest BCUT2D eigenvalue weighted by Gasteiger charge is -2.51. The molecular weight excluding hydrogens is 350 g/mol. The molecule has 2 unspecified atom stereocenters. The fourth-order valence-corrected chi connectivity index (χ4v) is 7.11. The summed E-state index contributed by atoms with van der Waals surface area (Å²) in [5, 5.41) is 10.2. The van der Waals surface area contributed by atoms with E-state index < -0.39 is 11.7 Å². The Morgan fingerprint density at radius 1 is 1.28 bits per heavy atom. The van der Waals surface area contributed by atoms with E-state index in [0.717, 1.165) is 17.9 Å². The van der Waals surface area contributed by atoms with Gasteiger partial charge in [0.2, 0.25) is 0 Å². The second-order valence-electron chi connectivity index (χ2n) is 9.16. The van der Waals surface area contributed by atoms with Crippen molar-refractivity contribution < 1.29 is 14.2 Å². The van der Waals surface area contributed by atoms with Gasteiger partial charge in [-0.2, -0.15) is 0 Å². The van der Waals surface area contributed by atoms with Crippen molar-refractivity contribution in [2.45, 2.75) is 65.8 Å². The second-order valence-corrected chi connectivity index (χ2v) is 9.67. The summed E-state index contributed by atoms with van der Waals surface area (Å²) in [6.07, 6.45) is 5.02. The average molecular weight is 384 g/mol. The molecule has 3 nitrogen and oxygen atoms in total. The normalized spacial score (nSPS) is 48.2. The Bertz CT molecular complexity index is 598. The number of hydrogen-bond donors (Lipinski definition) is 1. The molecule has 0 amide bonds. The van der Waals surface area contributed by atoms with Gasteiger partial charge in [0.1, 0.15) is 5.60 Å². The molecule has 2 saturated carbocycles. The van der Waals surface area contributed by atoms with Crippen molar-refractivity contribution >= 4 is 18.9 Å². The minimum absolute atomic E-state index is 0.0809. The lowest BCUT2D eigenvalue weighted by molar-refractivity contribution is -0.0770. The maximum absolute atomic E-state index is 10.2. The fourth-order valence-electron chi connectivity index (χ4n) is 6.18. The molecule has 10 atom stereocenters. The Kier molecular flexibility index (Phi) is 5.33. The molecule has 3 rings (SSSR count). The van der Waals surface area contributed by atoms with Crippen molar-refractivity contribution in [3.63, 3.8) is 0 Å². The van der Waals surface area contributed by atoms with E-state index in [4.69, 9.17) is 9.05 Å². The summed E-state index contributed by atoms with van der Waals surface area (Å²) in [5.41, 5.74) is 2.23. The molecule has 0 heterocycles. The summed E-state index contributed by atoms with van der Waals surface area (Å²) in [4.78, 5) is 0. The summed E-state index contributed by atoms with van der Waals surface area (Å²) >= 11 is 0. The first-order chi connectivity index (χ1) is 11.6. The number of aliphatic hydroxyl groups is 1. The van der Waals surface area contributed by atoms with E-state index >= 15 is 0 Å². The molecule has 0 bridgehead atoms. The third-order valence-corrected chi connectivity index (χ3v) is 8.06. The molecule has 0 aromatic heterocycles. The van der Waals surface area contributed by atoms with Crippen molar-refractivity contribution in [1.29, 1.82) is 0 Å². The molecule has 0 radical (unpaired) electrons. The Hall–Kier alpha value is 0.220. The first kappa shape index (κ1) is 20.0. The van der Waals surface area contributed by atoms with E-state index in [1.54, 1.807) is 0 Å². The topological polar surface area (TPSA) is 38.7 Å². The van der Waals surface area contributed by atoms with Gasteiger partial charge >= 0.3 is 0 Å². The van der Waals surface area contributed by atoms with Crippen LogP contribution in [0, 0.1) is 35.0 Å². The zero-order valence-corrected chi connectivity index (χ0v) is 18.6. The van der Waals surface area contributed by atoms with Gasteiger partial charge in [-0.1, -0.05) is 39.8 Å². The van der Waals surface area contributed by atoms with Gasteiger partial charge in [-0.15, -0.1) is 0 Å². The van der Waals surface area contributed by atoms with Crippen molar-refractivity contribution in [1.82, 2.24) is 0 Å². The SMILES string of the molecule is CC1=C[C@@H](C)[C@@H](OP)[C@H]2[C@@H]3[C@@H](C[C@@H](C)[C@]2(OP)/C1=C/[C@@H](C)O)C3(C)C. The van der Waals surface area contributed by atoms with Crippen LogP contribution in [0.5, 0.6) is 0 Å². The third-order valence-electron chi connectivity index (χ3n) is 7.35. The average Bonchev–Trinajstić information content (AvgIpc) is 3.08. The Labute approximate surface area is 157 Å². The van der Waals surface area contributed by atoms with Gasteiger partial charge in [0, 0.05) is 30.8 Å². The molecule has 1 N–H and O–H groups in total. The summed E-state index contributed by atoms with van der Waals surface area (Å²) in [6, 6.07) is 0. The first-order valence-corrected chi connectivity index (χ1v) is 10.4. The van der Waals surface area contributed by atoms with Crippen LogP contribution in [0.4, 0.5) is 0 Å². The standard InChI is InChI=1S/C20H34O3P2/c1-10-7-11(2)18(22-24)17-16-15(19(16,5)6)8-12(3)20(17,23-25)14(10)9-13(4)21/h7,9,11-13,15-18,21H,8,24-25H2,1-6H3/b14-9+/t11-,12-,13-,15-,16+,17-,18-,20+/m1/s1. The molecule has 3 aliphatic carbocycles. The van der Waals surface area contributed by atoms with Crippen molar-refractivity contribution in [3.05, 3.63) is 23.3 Å². The van der Waals surface area contributed by atoms with E-state index in [-0.39, 0.29) is 12.0 Å². The maximum atomic E-state index is 10.2. The maximum Gasteiger partial charge on any atom is 0.105 e. The Morgan fingerprint density at radius 2 is 1.92 bits per heavy atom. The van der Waals surface area contributed by atoms with Crippen LogP contribution in [0.3, 0.4) is 0 Å². The number of aliphatic hydroxyl groups excluding tert-OH is 1. The summed E-state index contributed by atoms with van der Waals surface area (Å²) in [7, 11) is 5.05. The summed E-state index contributed by atoms with van der Waals surface area (Å²) < 4.78 is 12.4. The lowest BCUT2D eigenvalue weighted by atomic mass is 9.62. The van der Waals surface area contributed by atoms with Gasteiger partial charge in [-0.25, -0.2) is 0 Å². The smallest absolute Gasteiger partial charge is 0.105 e. The fraction of sp³-hybridized carbons (Fsp3) is 0.800. The zero-order chi connectivity index (χ0) is 18.7. The number of hydrogen-bond acceptors (Lipinski definition) is 3. The van der Waals surface area contributed by atoms with Crippen LogP contribution >= 0.6 is 18.9 Å². The number of fused-ring (bicyclic) bond motifs is 3. The second kappa shape index (κ2) is 6.68. The highest BCUT2D eigenvalue weighted by Crippen LogP contribution is 2.73. The van der Waals surface area contributed by atoms with Crippen molar-refractivity contribution in [2.75, 3.05) is 0 Å². The van der Waals surface area contributed by atoms with Gasteiger partial charge in [0.05, 0.1) is 12.2 Å². The van der Waals surface area contributed by atoms with Crippen LogP contribution in [-0.2, 0) is 9.05 Å². The highest BCUT2D eigenvalue weighted by atomic mass is 31.0. The third kappa shape index (κ3) is 2.81. The highest BCUT2D eigenvalue weighted by Gasteiger charge is 2.72. The highest BCUT2D eigenvalue weighted by molar-refractivity contribution is 7.10. The zero-order valence-electron chi connectivity index (χ0n) is 16.3. The van der Waals surface area contributed by atoms with Crippen molar-refractivity contribution in [2.24, 2.45) is 35.0 Å². The van der Waals surface area contributed by atoms with Crippen molar-refractivity contribution in [3.8, 4) is 0 Å². The van der Waals surface area contributed by atoms with E-state index in [1.165, 1.54) is 5.57 Å². The van der Waals surface area contributed by atoms with E-state index in [2.05, 4.69) is 59.6 Å². The lowest BCUT2D eigenvalue weighted by Crippen LogP contribution is -2.55. The molecule has 0 aliphatic heterocycles. The number of rotatable bonds is 3. The summed E-state index contributed by atoms with van der Waals surface area (Å²) in [5.74, 6) is 2.22. The predicted octanol–water partition coefficient (Wildman–Crippen LogP) is 4.54. The minimum atomic E-state index is -0.503. The molecule has 0 aromatic carbocycles. The van der Waals surface area contributed by atoms with Gasteiger partial charge < -0.3 is 14.2 Å². The molecule has 0 saturated heterocycles. The van der Waals surface area contributed by atoms with Gasteiger partial charge in [0.15, 0.2) is 0 Å². The molecule has 0 spiro atoms. The quantitative estimate of drug-likeness (QED) is 0.726. The van der Waals surface area contributed by atoms with Gasteiger partial charge in [-0.05, 0) is 54.6 Å². The van der Waals surface area contributed by atoms with E-state index in [0.29, 0.717) is 23.2 Å². The van der Waals surface area contributed by atoms with Gasteiger partial charge in [-0.3, -0.25) is 0 Å². The minimum Gasteiger partial charge on any atom is -0.389 e. The largest absolute Gasteiger partial charge is 0.389 e. The Balaban J connectivity index is 2.24.